The van der Waals surface area contributed by atoms with Crippen LogP contribution in [0.15, 0.2) is 78.9 Å². The van der Waals surface area contributed by atoms with E-state index in [1.807, 2.05) is 44.2 Å². The smallest absolute Gasteiger partial charge is 0.387 e. The number of aromatic nitrogens is 2. The Hall–Kier alpha value is -4.73. The molecule has 4 aromatic rings. The van der Waals surface area contributed by atoms with Crippen LogP contribution in [-0.2, 0) is 0 Å². The van der Waals surface area contributed by atoms with Gasteiger partial charge in [0.05, 0.1) is 0 Å². The number of rotatable bonds is 8. The predicted molar refractivity (Wildman–Crippen MR) is 137 cm³/mol. The largest absolute Gasteiger partial charge is 0.435 e. The van der Waals surface area contributed by atoms with Crippen molar-refractivity contribution in [2.45, 2.75) is 20.5 Å². The van der Waals surface area contributed by atoms with Crippen LogP contribution >= 0.6 is 0 Å². The summed E-state index contributed by atoms with van der Waals surface area (Å²) in [6, 6.07) is 22.0. The van der Waals surface area contributed by atoms with Gasteiger partial charge in [-0.3, -0.25) is 0 Å². The van der Waals surface area contributed by atoms with Crippen molar-refractivity contribution in [2.24, 2.45) is 0 Å². The third-order valence-corrected chi connectivity index (χ3v) is 4.89. The second-order valence-corrected chi connectivity index (χ2v) is 7.90. The van der Waals surface area contributed by atoms with Crippen molar-refractivity contribution in [3.63, 3.8) is 0 Å². The van der Waals surface area contributed by atoms with Crippen molar-refractivity contribution in [3.8, 4) is 5.75 Å². The van der Waals surface area contributed by atoms with Crippen molar-refractivity contribution in [1.82, 2.24) is 9.97 Å². The molecule has 0 spiro atoms. The average Bonchev–Trinajstić information content (AvgIpc) is 2.81. The zero-order valence-electron chi connectivity index (χ0n) is 19.5. The number of carbonyl (C=O) groups is 1. The molecule has 0 radical (unpaired) electrons. The SMILES string of the molecule is Cc1ccc(Nc2cc(C)nc(Nc3ccc(NC(=O)Nc4cccc(OC(F)F)c4)cc3)n2)cc1. The highest BCUT2D eigenvalue weighted by Crippen LogP contribution is 2.22. The van der Waals surface area contributed by atoms with Gasteiger partial charge in [-0.15, -0.1) is 0 Å². The fourth-order valence-corrected chi connectivity index (χ4v) is 3.28. The minimum atomic E-state index is -2.94. The van der Waals surface area contributed by atoms with Gasteiger partial charge >= 0.3 is 12.6 Å². The Balaban J connectivity index is 1.36. The van der Waals surface area contributed by atoms with Crippen LogP contribution in [0.4, 0.5) is 48.1 Å². The highest BCUT2D eigenvalue weighted by Gasteiger charge is 2.08. The van der Waals surface area contributed by atoms with Crippen LogP contribution in [0, 0.1) is 13.8 Å². The number of ether oxygens (including phenoxy) is 1. The van der Waals surface area contributed by atoms with Crippen LogP contribution < -0.4 is 26.0 Å². The molecule has 1 heterocycles. The van der Waals surface area contributed by atoms with Gasteiger partial charge in [0.25, 0.3) is 0 Å². The highest BCUT2D eigenvalue weighted by atomic mass is 19.3. The highest BCUT2D eigenvalue weighted by molar-refractivity contribution is 5.99. The second-order valence-electron chi connectivity index (χ2n) is 7.90. The van der Waals surface area contributed by atoms with Gasteiger partial charge in [0.2, 0.25) is 5.95 Å². The number of benzene rings is 3. The molecular weight excluding hydrogens is 466 g/mol. The van der Waals surface area contributed by atoms with Crippen LogP contribution in [-0.4, -0.2) is 22.6 Å². The summed E-state index contributed by atoms with van der Waals surface area (Å²) < 4.78 is 29.1. The molecule has 0 bridgehead atoms. The first-order valence-electron chi connectivity index (χ1n) is 11.0. The van der Waals surface area contributed by atoms with Crippen LogP contribution in [0.25, 0.3) is 0 Å². The summed E-state index contributed by atoms with van der Waals surface area (Å²) in [5, 5.41) is 11.7. The standard InChI is InChI=1S/C26H24F2N6O2/c1-16-6-8-18(9-7-16)30-23-14-17(2)29-25(34-23)31-19-10-12-20(13-11-19)32-26(35)33-21-4-3-5-22(15-21)36-24(27)28/h3-15,24H,1-2H3,(H2,32,33,35)(H2,29,30,31,34). The van der Waals surface area contributed by atoms with Crippen molar-refractivity contribution < 1.29 is 18.3 Å². The van der Waals surface area contributed by atoms with Crippen LogP contribution in [0.3, 0.4) is 0 Å². The number of amides is 2. The summed E-state index contributed by atoms with van der Waals surface area (Å²) in [7, 11) is 0. The third-order valence-electron chi connectivity index (χ3n) is 4.89. The normalized spacial score (nSPS) is 10.6. The lowest BCUT2D eigenvalue weighted by Crippen LogP contribution is -2.19. The van der Waals surface area contributed by atoms with E-state index in [2.05, 4.69) is 36.0 Å². The first-order chi connectivity index (χ1) is 17.3. The summed E-state index contributed by atoms with van der Waals surface area (Å²) in [4.78, 5) is 21.2. The second kappa shape index (κ2) is 11.1. The number of urea groups is 1. The Labute approximate surface area is 206 Å². The maximum atomic E-state index is 12.4. The molecule has 4 rings (SSSR count). The fourth-order valence-electron chi connectivity index (χ4n) is 3.28. The first kappa shape index (κ1) is 24.4. The Morgan fingerprint density at radius 3 is 2.14 bits per heavy atom. The van der Waals surface area contributed by atoms with Gasteiger partial charge in [-0.1, -0.05) is 23.8 Å². The molecular formula is C26H24F2N6O2. The van der Waals surface area contributed by atoms with Crippen LogP contribution in [0.5, 0.6) is 5.75 Å². The number of alkyl halides is 2. The summed E-state index contributed by atoms with van der Waals surface area (Å²) in [5.41, 5.74) is 4.46. The average molecular weight is 491 g/mol. The minimum Gasteiger partial charge on any atom is -0.435 e. The number of nitrogens with zero attached hydrogens (tertiary/aromatic N) is 2. The predicted octanol–water partition coefficient (Wildman–Crippen LogP) is 6.83. The Kier molecular flexibility index (Phi) is 7.54. The molecule has 0 aliphatic rings. The number of carbonyl (C=O) groups excluding carboxylic acids is 1. The van der Waals surface area contributed by atoms with E-state index in [0.717, 1.165) is 17.1 Å². The topological polar surface area (TPSA) is 100 Å². The maximum absolute atomic E-state index is 12.4. The van der Waals surface area contributed by atoms with Gasteiger partial charge < -0.3 is 26.0 Å². The zero-order valence-corrected chi connectivity index (χ0v) is 19.5. The molecule has 0 fully saturated rings. The summed E-state index contributed by atoms with van der Waals surface area (Å²) >= 11 is 0. The Morgan fingerprint density at radius 2 is 1.42 bits per heavy atom. The number of halogens is 2. The Morgan fingerprint density at radius 1 is 0.778 bits per heavy atom. The first-order valence-corrected chi connectivity index (χ1v) is 11.0. The molecule has 8 nitrogen and oxygen atoms in total. The molecule has 2 amide bonds. The van der Waals surface area contributed by atoms with E-state index in [1.165, 1.54) is 23.8 Å². The zero-order chi connectivity index (χ0) is 25.5. The van der Waals surface area contributed by atoms with Crippen molar-refractivity contribution in [2.75, 3.05) is 21.3 Å². The van der Waals surface area contributed by atoms with Gasteiger partial charge in [-0.2, -0.15) is 13.8 Å². The number of nitrogens with one attached hydrogen (secondary N) is 4. The van der Waals surface area contributed by atoms with Gasteiger partial charge in [-0.25, -0.2) is 9.78 Å². The van der Waals surface area contributed by atoms with E-state index < -0.39 is 12.6 Å². The van der Waals surface area contributed by atoms with E-state index in [0.29, 0.717) is 23.1 Å². The summed E-state index contributed by atoms with van der Waals surface area (Å²) in [5.74, 6) is 1.04. The number of hydrogen-bond acceptors (Lipinski definition) is 6. The monoisotopic (exact) mass is 490 g/mol. The molecule has 0 saturated carbocycles. The molecule has 0 saturated heterocycles. The van der Waals surface area contributed by atoms with Crippen molar-refractivity contribution in [1.29, 1.82) is 0 Å². The molecule has 36 heavy (non-hydrogen) atoms. The van der Waals surface area contributed by atoms with Gasteiger partial charge in [-0.05, 0) is 62.4 Å². The Bertz CT molecular complexity index is 1330. The molecule has 4 N–H and O–H groups in total. The van der Waals surface area contributed by atoms with E-state index in [4.69, 9.17) is 0 Å². The number of hydrogen-bond donors (Lipinski definition) is 4. The van der Waals surface area contributed by atoms with Gasteiger partial charge in [0.15, 0.2) is 0 Å². The minimum absolute atomic E-state index is 0.0474. The molecule has 184 valence electrons. The summed E-state index contributed by atoms with van der Waals surface area (Å²) in [6.07, 6.45) is 0. The van der Waals surface area contributed by atoms with E-state index in [1.54, 1.807) is 30.3 Å². The third kappa shape index (κ3) is 7.13. The molecule has 0 aliphatic heterocycles. The summed E-state index contributed by atoms with van der Waals surface area (Å²) in [6.45, 7) is 0.970. The molecule has 10 heteroatoms. The van der Waals surface area contributed by atoms with Crippen molar-refractivity contribution in [3.05, 3.63) is 90.1 Å². The lowest BCUT2D eigenvalue weighted by atomic mass is 10.2. The van der Waals surface area contributed by atoms with E-state index >= 15 is 0 Å². The quantitative estimate of drug-likeness (QED) is 0.216. The molecule has 1 aromatic heterocycles. The number of anilines is 6. The number of aryl methyl sites for hydroxylation is 2. The molecule has 0 unspecified atom stereocenters. The van der Waals surface area contributed by atoms with E-state index in [-0.39, 0.29) is 5.75 Å². The van der Waals surface area contributed by atoms with E-state index in [9.17, 15) is 13.6 Å². The van der Waals surface area contributed by atoms with Crippen LogP contribution in [0.1, 0.15) is 11.3 Å². The van der Waals surface area contributed by atoms with Crippen molar-refractivity contribution >= 4 is 40.5 Å². The van der Waals surface area contributed by atoms with Gasteiger partial charge in [0, 0.05) is 40.6 Å². The fraction of sp³-hybridized carbons (Fsp3) is 0.115. The molecule has 0 atom stereocenters. The maximum Gasteiger partial charge on any atom is 0.387 e. The van der Waals surface area contributed by atoms with Crippen LogP contribution in [0.2, 0.25) is 0 Å². The molecule has 3 aromatic carbocycles. The molecule has 0 aliphatic carbocycles. The van der Waals surface area contributed by atoms with Gasteiger partial charge in [0.1, 0.15) is 11.6 Å². The lowest BCUT2D eigenvalue weighted by Gasteiger charge is -2.12. The lowest BCUT2D eigenvalue weighted by molar-refractivity contribution is -0.0498.